The Kier molecular flexibility index (Phi) is 5.75. The Labute approximate surface area is 162 Å². The van der Waals surface area contributed by atoms with Crippen LogP contribution in [-0.2, 0) is 4.79 Å². The summed E-state index contributed by atoms with van der Waals surface area (Å²) in [5, 5.41) is 11.7. The number of carbonyl (C=O) groups is 2. The van der Waals surface area contributed by atoms with E-state index in [1.54, 1.807) is 47.2 Å². The predicted molar refractivity (Wildman–Crippen MR) is 101 cm³/mol. The van der Waals surface area contributed by atoms with Crippen molar-refractivity contribution in [1.82, 2.24) is 20.0 Å². The number of nitrogens with zero attached hydrogens (tertiary/aromatic N) is 4. The van der Waals surface area contributed by atoms with Crippen LogP contribution in [0.5, 0.6) is 5.75 Å². The first kappa shape index (κ1) is 18.9. The number of ether oxygens (including phenoxy) is 1. The van der Waals surface area contributed by atoms with Gasteiger partial charge in [0.1, 0.15) is 5.75 Å². The van der Waals surface area contributed by atoms with E-state index in [1.807, 2.05) is 0 Å². The summed E-state index contributed by atoms with van der Waals surface area (Å²) in [5.41, 5.74) is 0.911. The van der Waals surface area contributed by atoms with Gasteiger partial charge >= 0.3 is 0 Å². The Hall–Kier alpha value is -2.87. The van der Waals surface area contributed by atoms with E-state index >= 15 is 0 Å². The van der Waals surface area contributed by atoms with Gasteiger partial charge in [-0.15, -0.1) is 10.2 Å². The largest absolute Gasteiger partial charge is 0.495 e. The number of carbonyl (C=O) groups excluding carboxylic acids is 2. The summed E-state index contributed by atoms with van der Waals surface area (Å²) >= 11 is 6.02. The van der Waals surface area contributed by atoms with E-state index in [9.17, 15) is 9.59 Å². The Balaban J connectivity index is 1.66. The molecule has 2 aromatic rings. The molecule has 27 heavy (non-hydrogen) atoms. The highest BCUT2D eigenvalue weighted by Crippen LogP contribution is 2.29. The molecule has 0 bridgehead atoms. The van der Waals surface area contributed by atoms with Gasteiger partial charge in [-0.05, 0) is 30.3 Å². The highest BCUT2D eigenvalue weighted by atomic mass is 35.5. The van der Waals surface area contributed by atoms with Crippen LogP contribution in [0.25, 0.3) is 0 Å². The van der Waals surface area contributed by atoms with E-state index in [1.165, 1.54) is 6.92 Å². The van der Waals surface area contributed by atoms with Crippen molar-refractivity contribution in [1.29, 1.82) is 0 Å². The molecule has 0 aliphatic carbocycles. The smallest absolute Gasteiger partial charge is 0.274 e. The lowest BCUT2D eigenvalue weighted by atomic mass is 10.2. The van der Waals surface area contributed by atoms with E-state index in [0.29, 0.717) is 48.5 Å². The third-order valence-corrected chi connectivity index (χ3v) is 4.56. The van der Waals surface area contributed by atoms with Gasteiger partial charge in [0.25, 0.3) is 5.91 Å². The monoisotopic (exact) mass is 389 g/mol. The van der Waals surface area contributed by atoms with Gasteiger partial charge in [0.2, 0.25) is 5.91 Å². The molecule has 8 nitrogen and oxygen atoms in total. The van der Waals surface area contributed by atoms with E-state index in [4.69, 9.17) is 16.3 Å². The number of piperazine rings is 1. The maximum absolute atomic E-state index is 12.6. The lowest BCUT2D eigenvalue weighted by molar-refractivity contribution is -0.130. The second kappa shape index (κ2) is 8.22. The number of benzene rings is 1. The van der Waals surface area contributed by atoms with Crippen LogP contribution in [-0.4, -0.2) is 65.1 Å². The molecule has 1 N–H and O–H groups in total. The Morgan fingerprint density at radius 3 is 2.37 bits per heavy atom. The Morgan fingerprint density at radius 2 is 1.78 bits per heavy atom. The van der Waals surface area contributed by atoms with Crippen molar-refractivity contribution >= 4 is 34.9 Å². The van der Waals surface area contributed by atoms with E-state index in [0.717, 1.165) is 0 Å². The van der Waals surface area contributed by atoms with Gasteiger partial charge in [-0.2, -0.15) is 0 Å². The third kappa shape index (κ3) is 4.46. The van der Waals surface area contributed by atoms with Crippen LogP contribution in [0, 0.1) is 0 Å². The molecule has 9 heteroatoms. The van der Waals surface area contributed by atoms with Crippen LogP contribution in [0.1, 0.15) is 17.4 Å². The van der Waals surface area contributed by atoms with E-state index in [2.05, 4.69) is 15.5 Å². The van der Waals surface area contributed by atoms with Crippen molar-refractivity contribution in [3.8, 4) is 5.75 Å². The maximum Gasteiger partial charge on any atom is 0.274 e. The average molecular weight is 390 g/mol. The molecule has 0 saturated carbocycles. The van der Waals surface area contributed by atoms with Crippen molar-refractivity contribution in [2.45, 2.75) is 6.92 Å². The summed E-state index contributed by atoms with van der Waals surface area (Å²) < 4.78 is 5.28. The van der Waals surface area contributed by atoms with Crippen LogP contribution in [0.3, 0.4) is 0 Å². The Morgan fingerprint density at radius 1 is 1.07 bits per heavy atom. The standard InChI is InChI=1S/C18H20ClN5O3/c1-12(25)23-7-9-24(10-8-23)18(26)14-4-6-17(22-21-14)20-15-11-13(19)3-5-16(15)27-2/h3-6,11H,7-10H2,1-2H3,(H,20,22). The summed E-state index contributed by atoms with van der Waals surface area (Å²) in [6, 6.07) is 8.48. The highest BCUT2D eigenvalue weighted by Gasteiger charge is 2.24. The highest BCUT2D eigenvalue weighted by molar-refractivity contribution is 6.31. The van der Waals surface area contributed by atoms with Crippen LogP contribution < -0.4 is 10.1 Å². The molecule has 2 heterocycles. The van der Waals surface area contributed by atoms with Gasteiger partial charge < -0.3 is 19.9 Å². The molecule has 1 aliphatic rings. The first-order chi connectivity index (χ1) is 13.0. The fourth-order valence-corrected chi connectivity index (χ4v) is 2.99. The summed E-state index contributed by atoms with van der Waals surface area (Å²) in [7, 11) is 1.56. The van der Waals surface area contributed by atoms with Crippen LogP contribution in [0.15, 0.2) is 30.3 Å². The van der Waals surface area contributed by atoms with Gasteiger partial charge in [0.05, 0.1) is 12.8 Å². The number of rotatable bonds is 4. The molecule has 1 aromatic heterocycles. The lowest BCUT2D eigenvalue weighted by Crippen LogP contribution is -2.50. The molecular formula is C18H20ClN5O3. The van der Waals surface area contributed by atoms with Gasteiger partial charge in [0.15, 0.2) is 11.5 Å². The topological polar surface area (TPSA) is 87.7 Å². The SMILES string of the molecule is COc1ccc(Cl)cc1Nc1ccc(C(=O)N2CCN(C(C)=O)CC2)nn1. The Bertz CT molecular complexity index is 835. The molecule has 1 aromatic carbocycles. The second-order valence-electron chi connectivity index (χ2n) is 6.07. The lowest BCUT2D eigenvalue weighted by Gasteiger charge is -2.33. The zero-order valence-electron chi connectivity index (χ0n) is 15.1. The number of aromatic nitrogens is 2. The maximum atomic E-state index is 12.6. The minimum absolute atomic E-state index is 0.0220. The van der Waals surface area contributed by atoms with Crippen LogP contribution in [0.2, 0.25) is 5.02 Å². The van der Waals surface area contributed by atoms with Crippen molar-refractivity contribution in [3.05, 3.63) is 41.0 Å². The summed E-state index contributed by atoms with van der Waals surface area (Å²) in [4.78, 5) is 27.3. The summed E-state index contributed by atoms with van der Waals surface area (Å²) in [5.74, 6) is 0.907. The minimum atomic E-state index is -0.197. The van der Waals surface area contributed by atoms with E-state index < -0.39 is 0 Å². The first-order valence-corrected chi connectivity index (χ1v) is 8.85. The first-order valence-electron chi connectivity index (χ1n) is 8.47. The number of amides is 2. The molecular weight excluding hydrogens is 370 g/mol. The molecule has 1 fully saturated rings. The zero-order chi connectivity index (χ0) is 19.4. The van der Waals surface area contributed by atoms with Crippen molar-refractivity contribution < 1.29 is 14.3 Å². The fraction of sp³-hybridized carbons (Fsp3) is 0.333. The molecule has 142 valence electrons. The number of hydrogen-bond donors (Lipinski definition) is 1. The molecule has 0 unspecified atom stereocenters. The number of anilines is 2. The fourth-order valence-electron chi connectivity index (χ4n) is 2.82. The number of methoxy groups -OCH3 is 1. The molecule has 0 atom stereocenters. The van der Waals surface area contributed by atoms with Gasteiger partial charge in [0, 0.05) is 38.1 Å². The molecule has 0 spiro atoms. The third-order valence-electron chi connectivity index (χ3n) is 4.32. The number of hydrogen-bond acceptors (Lipinski definition) is 6. The zero-order valence-corrected chi connectivity index (χ0v) is 15.9. The minimum Gasteiger partial charge on any atom is -0.495 e. The number of nitrogens with one attached hydrogen (secondary N) is 1. The normalized spacial score (nSPS) is 14.0. The molecule has 1 saturated heterocycles. The number of halogens is 1. The summed E-state index contributed by atoms with van der Waals surface area (Å²) in [6.07, 6.45) is 0. The summed E-state index contributed by atoms with van der Waals surface area (Å²) in [6.45, 7) is 3.56. The molecule has 0 radical (unpaired) electrons. The van der Waals surface area contributed by atoms with Gasteiger partial charge in [-0.1, -0.05) is 11.6 Å². The molecule has 2 amide bonds. The molecule has 3 rings (SSSR count). The quantitative estimate of drug-likeness (QED) is 0.862. The molecule has 1 aliphatic heterocycles. The second-order valence-corrected chi connectivity index (χ2v) is 6.51. The van der Waals surface area contributed by atoms with E-state index in [-0.39, 0.29) is 17.5 Å². The predicted octanol–water partition coefficient (Wildman–Crippen LogP) is 2.19. The van der Waals surface area contributed by atoms with Gasteiger partial charge in [-0.25, -0.2) is 0 Å². The van der Waals surface area contributed by atoms with Crippen molar-refractivity contribution in [2.24, 2.45) is 0 Å². The van der Waals surface area contributed by atoms with Crippen molar-refractivity contribution in [2.75, 3.05) is 38.6 Å². The van der Waals surface area contributed by atoms with Crippen molar-refractivity contribution in [3.63, 3.8) is 0 Å². The van der Waals surface area contributed by atoms with Gasteiger partial charge in [-0.3, -0.25) is 9.59 Å². The van der Waals surface area contributed by atoms with Crippen LogP contribution in [0.4, 0.5) is 11.5 Å². The van der Waals surface area contributed by atoms with Crippen LogP contribution >= 0.6 is 11.6 Å². The average Bonchev–Trinajstić information content (AvgIpc) is 2.68.